The normalized spacial score (nSPS) is 12.6. The smallest absolute Gasteiger partial charge is 0.231 e. The molecule has 2 aromatic carbocycles. The average molecular weight is 255 g/mol. The van der Waals surface area contributed by atoms with E-state index in [4.69, 9.17) is 9.47 Å². The van der Waals surface area contributed by atoms with Gasteiger partial charge in [0.1, 0.15) is 0 Å². The van der Waals surface area contributed by atoms with Crippen LogP contribution in [0.1, 0.15) is 11.1 Å². The molecule has 2 aromatic rings. The third-order valence-corrected chi connectivity index (χ3v) is 3.20. The summed E-state index contributed by atoms with van der Waals surface area (Å²) in [5.74, 6) is 1.71. The molecule has 0 saturated heterocycles. The van der Waals surface area contributed by atoms with Crippen molar-refractivity contribution in [3.63, 3.8) is 0 Å². The molecule has 3 heteroatoms. The second-order valence-corrected chi connectivity index (χ2v) is 4.60. The monoisotopic (exact) mass is 255 g/mol. The predicted octanol–water partition coefficient (Wildman–Crippen LogP) is 2.75. The van der Waals surface area contributed by atoms with Gasteiger partial charge in [0.15, 0.2) is 11.5 Å². The Hall–Kier alpha value is -2.00. The highest BCUT2D eigenvalue weighted by Gasteiger charge is 2.12. The van der Waals surface area contributed by atoms with Gasteiger partial charge in [-0.1, -0.05) is 36.4 Å². The molecular formula is C16H17NO2. The van der Waals surface area contributed by atoms with Crippen molar-refractivity contribution in [3.8, 4) is 11.5 Å². The predicted molar refractivity (Wildman–Crippen MR) is 74.4 cm³/mol. The Labute approximate surface area is 113 Å². The second-order valence-electron chi connectivity index (χ2n) is 4.60. The number of benzene rings is 2. The molecule has 0 fully saturated rings. The summed E-state index contributed by atoms with van der Waals surface area (Å²) in [6.45, 7) is 2.20. The van der Waals surface area contributed by atoms with Gasteiger partial charge in [0.05, 0.1) is 0 Å². The van der Waals surface area contributed by atoms with Crippen molar-refractivity contribution in [1.29, 1.82) is 0 Å². The van der Waals surface area contributed by atoms with Crippen LogP contribution in [0, 0.1) is 0 Å². The maximum absolute atomic E-state index is 5.37. The fourth-order valence-electron chi connectivity index (χ4n) is 2.16. The minimum atomic E-state index is 0.338. The van der Waals surface area contributed by atoms with E-state index in [0.29, 0.717) is 6.79 Å². The second kappa shape index (κ2) is 5.76. The Morgan fingerprint density at radius 3 is 2.63 bits per heavy atom. The van der Waals surface area contributed by atoms with Gasteiger partial charge in [0.25, 0.3) is 0 Å². The van der Waals surface area contributed by atoms with Gasteiger partial charge >= 0.3 is 0 Å². The lowest BCUT2D eigenvalue weighted by atomic mass is 10.1. The van der Waals surface area contributed by atoms with Crippen molar-refractivity contribution in [1.82, 2.24) is 5.32 Å². The topological polar surface area (TPSA) is 30.5 Å². The Morgan fingerprint density at radius 2 is 1.74 bits per heavy atom. The molecule has 1 heterocycles. The molecule has 0 spiro atoms. The van der Waals surface area contributed by atoms with E-state index in [1.54, 1.807) is 0 Å². The Kier molecular flexibility index (Phi) is 3.65. The molecule has 1 aliphatic rings. The summed E-state index contributed by atoms with van der Waals surface area (Å²) in [6, 6.07) is 16.6. The number of ether oxygens (including phenoxy) is 2. The van der Waals surface area contributed by atoms with Crippen LogP contribution in [-0.4, -0.2) is 13.3 Å². The number of hydrogen-bond acceptors (Lipinski definition) is 3. The van der Waals surface area contributed by atoms with Crippen LogP contribution in [0.15, 0.2) is 48.5 Å². The van der Waals surface area contributed by atoms with Crippen molar-refractivity contribution < 1.29 is 9.47 Å². The minimum absolute atomic E-state index is 0.338. The van der Waals surface area contributed by atoms with Crippen molar-refractivity contribution >= 4 is 0 Å². The van der Waals surface area contributed by atoms with E-state index in [2.05, 4.69) is 41.7 Å². The number of hydrogen-bond donors (Lipinski definition) is 1. The van der Waals surface area contributed by atoms with E-state index >= 15 is 0 Å². The fourth-order valence-corrected chi connectivity index (χ4v) is 2.16. The zero-order chi connectivity index (χ0) is 12.9. The summed E-state index contributed by atoms with van der Waals surface area (Å²) in [5, 5.41) is 3.45. The fraction of sp³-hybridized carbons (Fsp3) is 0.250. The SMILES string of the molecule is c1ccc(CNCCc2ccc3c(c2)OCO3)cc1. The zero-order valence-corrected chi connectivity index (χ0v) is 10.8. The molecule has 1 N–H and O–H groups in total. The highest BCUT2D eigenvalue weighted by Crippen LogP contribution is 2.32. The first-order chi connectivity index (χ1) is 9.42. The molecule has 3 nitrogen and oxygen atoms in total. The first-order valence-corrected chi connectivity index (χ1v) is 6.55. The molecule has 98 valence electrons. The first kappa shape index (κ1) is 12.1. The summed E-state index contributed by atoms with van der Waals surface area (Å²) in [4.78, 5) is 0. The number of fused-ring (bicyclic) bond motifs is 1. The quantitative estimate of drug-likeness (QED) is 0.833. The molecule has 0 saturated carbocycles. The van der Waals surface area contributed by atoms with Gasteiger partial charge in [-0.3, -0.25) is 0 Å². The molecule has 0 atom stereocenters. The molecular weight excluding hydrogens is 238 g/mol. The molecule has 3 rings (SSSR count). The van der Waals surface area contributed by atoms with Crippen LogP contribution in [0.25, 0.3) is 0 Å². The van der Waals surface area contributed by atoms with Crippen molar-refractivity contribution in [3.05, 3.63) is 59.7 Å². The van der Waals surface area contributed by atoms with Crippen LogP contribution in [0.2, 0.25) is 0 Å². The molecule has 0 amide bonds. The van der Waals surface area contributed by atoms with Gasteiger partial charge < -0.3 is 14.8 Å². The molecule has 1 aliphatic heterocycles. The molecule has 0 radical (unpaired) electrons. The van der Waals surface area contributed by atoms with Crippen LogP contribution >= 0.6 is 0 Å². The minimum Gasteiger partial charge on any atom is -0.454 e. The molecule has 0 bridgehead atoms. The van der Waals surface area contributed by atoms with Gasteiger partial charge in [-0.15, -0.1) is 0 Å². The zero-order valence-electron chi connectivity index (χ0n) is 10.8. The van der Waals surface area contributed by atoms with Crippen LogP contribution < -0.4 is 14.8 Å². The molecule has 0 aromatic heterocycles. The van der Waals surface area contributed by atoms with E-state index in [-0.39, 0.29) is 0 Å². The highest BCUT2D eigenvalue weighted by molar-refractivity contribution is 5.44. The van der Waals surface area contributed by atoms with Crippen LogP contribution in [0.3, 0.4) is 0 Å². The summed E-state index contributed by atoms with van der Waals surface area (Å²) in [5.41, 5.74) is 2.58. The third kappa shape index (κ3) is 3.06. The van der Waals surface area contributed by atoms with E-state index in [1.807, 2.05) is 12.1 Å². The van der Waals surface area contributed by atoms with Crippen molar-refractivity contribution in [2.75, 3.05) is 13.3 Å². The lowest BCUT2D eigenvalue weighted by Gasteiger charge is -2.06. The summed E-state index contributed by atoms with van der Waals surface area (Å²) >= 11 is 0. The third-order valence-electron chi connectivity index (χ3n) is 3.20. The van der Waals surface area contributed by atoms with Crippen molar-refractivity contribution in [2.45, 2.75) is 13.0 Å². The summed E-state index contributed by atoms with van der Waals surface area (Å²) < 4.78 is 10.7. The maximum Gasteiger partial charge on any atom is 0.231 e. The first-order valence-electron chi connectivity index (χ1n) is 6.55. The van der Waals surface area contributed by atoms with Crippen LogP contribution in [0.4, 0.5) is 0 Å². The Morgan fingerprint density at radius 1 is 0.895 bits per heavy atom. The van der Waals surface area contributed by atoms with Gasteiger partial charge in [0.2, 0.25) is 6.79 Å². The van der Waals surface area contributed by atoms with Gasteiger partial charge in [0, 0.05) is 6.54 Å². The van der Waals surface area contributed by atoms with E-state index < -0.39 is 0 Å². The standard InChI is InChI=1S/C16H17NO2/c1-2-4-14(5-3-1)11-17-9-8-13-6-7-15-16(10-13)19-12-18-15/h1-7,10,17H,8-9,11-12H2. The Balaban J connectivity index is 1.48. The Bertz CT molecular complexity index is 540. The van der Waals surface area contributed by atoms with Crippen LogP contribution in [0.5, 0.6) is 11.5 Å². The lowest BCUT2D eigenvalue weighted by molar-refractivity contribution is 0.174. The molecule has 0 unspecified atom stereocenters. The average Bonchev–Trinajstić information content (AvgIpc) is 2.92. The van der Waals surface area contributed by atoms with Gasteiger partial charge in [-0.25, -0.2) is 0 Å². The molecule has 19 heavy (non-hydrogen) atoms. The number of rotatable bonds is 5. The van der Waals surface area contributed by atoms with Gasteiger partial charge in [-0.05, 0) is 36.2 Å². The number of nitrogens with one attached hydrogen (secondary N) is 1. The van der Waals surface area contributed by atoms with E-state index in [9.17, 15) is 0 Å². The lowest BCUT2D eigenvalue weighted by Crippen LogP contribution is -2.16. The maximum atomic E-state index is 5.37. The van der Waals surface area contributed by atoms with E-state index in [1.165, 1.54) is 11.1 Å². The molecule has 0 aliphatic carbocycles. The van der Waals surface area contributed by atoms with Gasteiger partial charge in [-0.2, -0.15) is 0 Å². The van der Waals surface area contributed by atoms with Crippen LogP contribution in [-0.2, 0) is 13.0 Å². The van der Waals surface area contributed by atoms with Crippen molar-refractivity contribution in [2.24, 2.45) is 0 Å². The summed E-state index contributed by atoms with van der Waals surface area (Å²) in [6.07, 6.45) is 0.990. The highest BCUT2D eigenvalue weighted by atomic mass is 16.7. The summed E-state index contributed by atoms with van der Waals surface area (Å²) in [7, 11) is 0. The largest absolute Gasteiger partial charge is 0.454 e. The van der Waals surface area contributed by atoms with E-state index in [0.717, 1.165) is 31.0 Å².